The van der Waals surface area contributed by atoms with Gasteiger partial charge in [-0.3, -0.25) is 9.59 Å². The highest BCUT2D eigenvalue weighted by Gasteiger charge is 2.32. The minimum atomic E-state index is -4.27. The van der Waals surface area contributed by atoms with Gasteiger partial charge in [-0.25, -0.2) is 12.8 Å². The number of nitrogens with one attached hydrogen (secondary N) is 2. The van der Waals surface area contributed by atoms with Gasteiger partial charge < -0.3 is 10.2 Å². The number of anilines is 1. The highest BCUT2D eigenvalue weighted by molar-refractivity contribution is 7.89. The number of nitrogens with zero attached hydrogens (tertiary/aromatic N) is 1. The number of likely N-dealkylation sites (N-methyl/N-ethyl adjacent to an activating group) is 1. The lowest BCUT2D eigenvalue weighted by atomic mass is 10.0. The topological polar surface area (TPSA) is 95.6 Å². The number of hydrogen-bond donors (Lipinski definition) is 2. The molecule has 0 spiro atoms. The van der Waals surface area contributed by atoms with Crippen LogP contribution in [-0.4, -0.2) is 44.8 Å². The Bertz CT molecular complexity index is 1070. The Morgan fingerprint density at radius 3 is 2.32 bits per heavy atom. The zero-order chi connectivity index (χ0) is 23.3. The number of halogens is 1. The molecule has 0 saturated carbocycles. The Balaban J connectivity index is 2.13. The summed E-state index contributed by atoms with van der Waals surface area (Å²) in [5.74, 6) is -2.35. The quantitative estimate of drug-likeness (QED) is 0.648. The second kappa shape index (κ2) is 10.0. The molecule has 9 heteroatoms. The van der Waals surface area contributed by atoms with E-state index >= 15 is 0 Å². The van der Waals surface area contributed by atoms with Gasteiger partial charge in [0.25, 0.3) is 0 Å². The van der Waals surface area contributed by atoms with Crippen molar-refractivity contribution < 1.29 is 22.4 Å². The second-order valence-corrected chi connectivity index (χ2v) is 9.45. The predicted octanol–water partition coefficient (Wildman–Crippen LogP) is 2.84. The standard InChI is InChI=1S/C22H28FN3O4S/c1-14(2)21(25-31(29,30)19-12-7-6-10-17(19)23)22(28)26(5)13-20(27)24-18-11-8-9-15(3)16(18)4/h6-12,14,21,25H,13H2,1-5H3,(H,24,27)/t21-/m0/s1. The summed E-state index contributed by atoms with van der Waals surface area (Å²) in [5, 5.41) is 2.77. The lowest BCUT2D eigenvalue weighted by Crippen LogP contribution is -2.51. The molecule has 0 aromatic heterocycles. The smallest absolute Gasteiger partial charge is 0.244 e. The molecule has 0 saturated heterocycles. The molecule has 1 atom stereocenters. The fourth-order valence-electron chi connectivity index (χ4n) is 2.97. The molecule has 7 nitrogen and oxygen atoms in total. The van der Waals surface area contributed by atoms with Gasteiger partial charge in [0.15, 0.2) is 0 Å². The van der Waals surface area contributed by atoms with Gasteiger partial charge in [-0.2, -0.15) is 4.72 Å². The number of sulfonamides is 1. The van der Waals surface area contributed by atoms with E-state index in [-0.39, 0.29) is 6.54 Å². The molecule has 0 bridgehead atoms. The molecule has 0 heterocycles. The van der Waals surface area contributed by atoms with Crippen molar-refractivity contribution in [2.75, 3.05) is 18.9 Å². The first-order chi connectivity index (χ1) is 14.4. The molecule has 2 aromatic rings. The van der Waals surface area contributed by atoms with E-state index in [9.17, 15) is 22.4 Å². The Labute approximate surface area is 182 Å². The zero-order valence-electron chi connectivity index (χ0n) is 18.3. The highest BCUT2D eigenvalue weighted by Crippen LogP contribution is 2.19. The number of rotatable bonds is 8. The number of carbonyl (C=O) groups is 2. The van der Waals surface area contributed by atoms with Crippen molar-refractivity contribution in [3.63, 3.8) is 0 Å². The summed E-state index contributed by atoms with van der Waals surface area (Å²) in [6.45, 7) is 6.87. The van der Waals surface area contributed by atoms with Crippen molar-refractivity contribution in [1.29, 1.82) is 0 Å². The molecule has 0 aliphatic carbocycles. The van der Waals surface area contributed by atoms with Crippen LogP contribution in [0.25, 0.3) is 0 Å². The summed E-state index contributed by atoms with van der Waals surface area (Å²) in [4.78, 5) is 26.0. The molecule has 2 aromatic carbocycles. The van der Waals surface area contributed by atoms with E-state index in [1.54, 1.807) is 19.9 Å². The van der Waals surface area contributed by atoms with Gasteiger partial charge in [0, 0.05) is 12.7 Å². The van der Waals surface area contributed by atoms with Crippen LogP contribution >= 0.6 is 0 Å². The van der Waals surface area contributed by atoms with Gasteiger partial charge in [-0.1, -0.05) is 38.1 Å². The van der Waals surface area contributed by atoms with Crippen LogP contribution in [0.4, 0.5) is 10.1 Å². The first kappa shape index (κ1) is 24.5. The average molecular weight is 450 g/mol. The van der Waals surface area contributed by atoms with Crippen molar-refractivity contribution >= 4 is 27.5 Å². The maximum absolute atomic E-state index is 14.0. The number of benzene rings is 2. The van der Waals surface area contributed by atoms with Crippen LogP contribution in [0.15, 0.2) is 47.4 Å². The molecule has 2 N–H and O–H groups in total. The van der Waals surface area contributed by atoms with E-state index in [0.29, 0.717) is 5.69 Å². The van der Waals surface area contributed by atoms with Crippen molar-refractivity contribution in [3.05, 3.63) is 59.4 Å². The van der Waals surface area contributed by atoms with E-state index in [2.05, 4.69) is 10.0 Å². The molecule has 0 fully saturated rings. The molecule has 0 aliphatic heterocycles. The Morgan fingerprint density at radius 1 is 1.06 bits per heavy atom. The van der Waals surface area contributed by atoms with Crippen LogP contribution in [0.5, 0.6) is 0 Å². The third-order valence-corrected chi connectivity index (χ3v) is 6.45. The van der Waals surface area contributed by atoms with Crippen LogP contribution in [0.2, 0.25) is 0 Å². The van der Waals surface area contributed by atoms with E-state index in [0.717, 1.165) is 28.2 Å². The Hall–Kier alpha value is -2.78. The monoisotopic (exact) mass is 449 g/mol. The summed E-state index contributed by atoms with van der Waals surface area (Å²) in [7, 11) is -2.86. The van der Waals surface area contributed by atoms with Crippen LogP contribution in [0.3, 0.4) is 0 Å². The fraction of sp³-hybridized carbons (Fsp3) is 0.364. The molecule has 0 aliphatic rings. The molecule has 168 valence electrons. The first-order valence-electron chi connectivity index (χ1n) is 9.82. The second-order valence-electron chi connectivity index (χ2n) is 7.76. The summed E-state index contributed by atoms with van der Waals surface area (Å²) in [5.41, 5.74) is 2.58. The summed E-state index contributed by atoms with van der Waals surface area (Å²) in [6.07, 6.45) is 0. The molecular formula is C22H28FN3O4S. The first-order valence-corrected chi connectivity index (χ1v) is 11.3. The third-order valence-electron chi connectivity index (χ3n) is 4.98. The minimum absolute atomic E-state index is 0.267. The summed E-state index contributed by atoms with van der Waals surface area (Å²) >= 11 is 0. The number of carbonyl (C=O) groups excluding carboxylic acids is 2. The average Bonchev–Trinajstić information content (AvgIpc) is 2.69. The number of hydrogen-bond acceptors (Lipinski definition) is 4. The molecule has 2 rings (SSSR count). The van der Waals surface area contributed by atoms with Crippen molar-refractivity contribution in [1.82, 2.24) is 9.62 Å². The fourth-order valence-corrected chi connectivity index (χ4v) is 4.39. The Morgan fingerprint density at radius 2 is 1.71 bits per heavy atom. The van der Waals surface area contributed by atoms with E-state index in [1.807, 2.05) is 26.0 Å². The SMILES string of the molecule is Cc1cccc(NC(=O)CN(C)C(=O)[C@@H](NS(=O)(=O)c2ccccc2F)C(C)C)c1C. The summed E-state index contributed by atoms with van der Waals surface area (Å²) in [6, 6.07) is 9.28. The van der Waals surface area contributed by atoms with Gasteiger partial charge in [0.05, 0.1) is 6.54 Å². The third kappa shape index (κ3) is 6.11. The normalized spacial score (nSPS) is 12.5. The lowest BCUT2D eigenvalue weighted by Gasteiger charge is -2.26. The molecule has 31 heavy (non-hydrogen) atoms. The van der Waals surface area contributed by atoms with Crippen molar-refractivity contribution in [2.45, 2.75) is 38.6 Å². The molecule has 0 unspecified atom stereocenters. The van der Waals surface area contributed by atoms with Crippen LogP contribution in [0, 0.1) is 25.6 Å². The zero-order valence-corrected chi connectivity index (χ0v) is 19.1. The van der Waals surface area contributed by atoms with Gasteiger partial charge in [-0.15, -0.1) is 0 Å². The van der Waals surface area contributed by atoms with E-state index < -0.39 is 44.5 Å². The Kier molecular flexibility index (Phi) is 7.91. The maximum Gasteiger partial charge on any atom is 0.244 e. The van der Waals surface area contributed by atoms with Gasteiger partial charge >= 0.3 is 0 Å². The van der Waals surface area contributed by atoms with Crippen molar-refractivity contribution in [2.24, 2.45) is 5.92 Å². The van der Waals surface area contributed by atoms with Crippen LogP contribution in [0.1, 0.15) is 25.0 Å². The highest BCUT2D eigenvalue weighted by atomic mass is 32.2. The minimum Gasteiger partial charge on any atom is -0.335 e. The number of amides is 2. The van der Waals surface area contributed by atoms with Crippen LogP contribution in [-0.2, 0) is 19.6 Å². The van der Waals surface area contributed by atoms with Gasteiger partial charge in [0.1, 0.15) is 16.8 Å². The van der Waals surface area contributed by atoms with Crippen LogP contribution < -0.4 is 10.0 Å². The maximum atomic E-state index is 14.0. The molecular weight excluding hydrogens is 421 g/mol. The van der Waals surface area contributed by atoms with Crippen molar-refractivity contribution in [3.8, 4) is 0 Å². The molecule has 0 radical (unpaired) electrons. The lowest BCUT2D eigenvalue weighted by molar-refractivity contribution is -0.135. The number of aryl methyl sites for hydroxylation is 1. The van der Waals surface area contributed by atoms with Gasteiger partial charge in [0.2, 0.25) is 21.8 Å². The van der Waals surface area contributed by atoms with E-state index in [4.69, 9.17) is 0 Å². The van der Waals surface area contributed by atoms with Gasteiger partial charge in [-0.05, 0) is 49.1 Å². The van der Waals surface area contributed by atoms with E-state index in [1.165, 1.54) is 19.2 Å². The molecule has 2 amide bonds. The predicted molar refractivity (Wildman–Crippen MR) is 118 cm³/mol. The largest absolute Gasteiger partial charge is 0.335 e. The summed E-state index contributed by atoms with van der Waals surface area (Å²) < 4.78 is 41.5.